The summed E-state index contributed by atoms with van der Waals surface area (Å²) in [4.78, 5) is 116. The van der Waals surface area contributed by atoms with Crippen LogP contribution in [0.15, 0.2) is 15.3 Å². The van der Waals surface area contributed by atoms with Crippen molar-refractivity contribution in [2.45, 2.75) is 112 Å². The Hall–Kier alpha value is -5.92. The normalized spacial score (nSPS) is 21.3. The van der Waals surface area contributed by atoms with Gasteiger partial charge in [-0.15, -0.1) is 0 Å². The second kappa shape index (κ2) is 26.5. The van der Waals surface area contributed by atoms with Gasteiger partial charge in [0.05, 0.1) is 36.8 Å². The van der Waals surface area contributed by atoms with Gasteiger partial charge in [-0.2, -0.15) is 15.3 Å². The van der Waals surface area contributed by atoms with Gasteiger partial charge in [0.15, 0.2) is 0 Å². The van der Waals surface area contributed by atoms with Gasteiger partial charge < -0.3 is 50.9 Å². The predicted molar refractivity (Wildman–Crippen MR) is 284 cm³/mol. The van der Waals surface area contributed by atoms with Crippen molar-refractivity contribution in [1.82, 2.24) is 61.2 Å². The van der Waals surface area contributed by atoms with Gasteiger partial charge >= 0.3 is 5.97 Å². The summed E-state index contributed by atoms with van der Waals surface area (Å²) in [7, 11) is 16.7. The molecule has 0 aliphatic carbocycles. The minimum atomic E-state index is -1.16. The van der Waals surface area contributed by atoms with E-state index >= 15 is 0 Å². The van der Waals surface area contributed by atoms with Crippen LogP contribution in [0, 0.1) is 16.2 Å². The molecule has 25 nitrogen and oxygen atoms in total. The highest BCUT2D eigenvalue weighted by atomic mass is 16.4. The first-order chi connectivity index (χ1) is 33.8. The molecule has 0 radical (unpaired) electrons. The molecular formula is C49H89N15O10. The van der Waals surface area contributed by atoms with Crippen molar-refractivity contribution in [3.05, 3.63) is 0 Å². The molecule has 4 rings (SSSR count). The van der Waals surface area contributed by atoms with Gasteiger partial charge in [-0.25, -0.2) is 20.2 Å². The number of carbonyl (C=O) groups is 9. The summed E-state index contributed by atoms with van der Waals surface area (Å²) in [5.74, 6) is -2.42. The van der Waals surface area contributed by atoms with E-state index < -0.39 is 33.4 Å². The Morgan fingerprint density at radius 2 is 1.04 bits per heavy atom. The van der Waals surface area contributed by atoms with E-state index in [4.69, 9.17) is 5.11 Å². The quantitative estimate of drug-likeness (QED) is 0.0990. The van der Waals surface area contributed by atoms with Crippen LogP contribution < -0.4 is 26.7 Å². The number of piperidine rings is 1. The number of amides is 8. The molecule has 0 saturated carbocycles. The Kier molecular flexibility index (Phi) is 23.7. The zero-order valence-electron chi connectivity index (χ0n) is 48.2. The molecule has 1 saturated heterocycles. The largest absolute Gasteiger partial charge is 0.480 e. The topological polar surface area (TPSA) is 294 Å². The highest BCUT2D eigenvalue weighted by molar-refractivity contribution is 6.14. The number of carbonyl (C=O) groups excluding carboxylic acids is 8. The van der Waals surface area contributed by atoms with Crippen LogP contribution in [-0.2, 0) is 43.2 Å². The van der Waals surface area contributed by atoms with Gasteiger partial charge in [-0.05, 0) is 110 Å². The third-order valence-corrected chi connectivity index (χ3v) is 14.2. The van der Waals surface area contributed by atoms with Crippen molar-refractivity contribution in [1.29, 1.82) is 0 Å². The average Bonchev–Trinajstić information content (AvgIpc) is 3.84. The van der Waals surface area contributed by atoms with Crippen LogP contribution in [0.2, 0.25) is 0 Å². The fraction of sp³-hybridized carbons (Fsp3) is 0.755. The van der Waals surface area contributed by atoms with E-state index in [-0.39, 0.29) is 85.4 Å². The zero-order valence-corrected chi connectivity index (χ0v) is 48.2. The van der Waals surface area contributed by atoms with Crippen molar-refractivity contribution in [2.24, 2.45) is 31.5 Å². The molecule has 8 amide bonds. The SMILES string of the molecule is CC12CNCCC1=NNC2=O.CCC1=NN(C)C(=O)C1(C)CNC(=O)C(C)(C)N(C)C(=O)CN(C)C.CCC1=NN(C)C(=O)C1(C)CNC(=O)C(C)(C)N(C)C(=O)CNC.CN(C)CC(=O)N(C)C(C)(C)C(=O)O. The lowest BCUT2D eigenvalue weighted by Gasteiger charge is -2.36. The summed E-state index contributed by atoms with van der Waals surface area (Å²) >= 11 is 0. The lowest BCUT2D eigenvalue weighted by Crippen LogP contribution is -2.58. The van der Waals surface area contributed by atoms with Crippen LogP contribution in [0.1, 0.15) is 95.4 Å². The Bertz CT molecular complexity index is 2190. The van der Waals surface area contributed by atoms with E-state index in [0.29, 0.717) is 12.8 Å². The van der Waals surface area contributed by atoms with E-state index in [1.54, 1.807) is 115 Å². The molecule has 74 heavy (non-hydrogen) atoms. The van der Waals surface area contributed by atoms with Crippen molar-refractivity contribution in [3.8, 4) is 0 Å². The van der Waals surface area contributed by atoms with Gasteiger partial charge in [-0.1, -0.05) is 13.8 Å². The maximum Gasteiger partial charge on any atom is 0.329 e. The summed E-state index contributed by atoms with van der Waals surface area (Å²) < 4.78 is 0. The molecular weight excluding hydrogens is 959 g/mol. The first-order valence-electron chi connectivity index (χ1n) is 24.7. The molecule has 6 N–H and O–H groups in total. The first-order valence-corrected chi connectivity index (χ1v) is 24.7. The highest BCUT2D eigenvalue weighted by Gasteiger charge is 2.48. The Morgan fingerprint density at radius 3 is 1.38 bits per heavy atom. The second-order valence-corrected chi connectivity index (χ2v) is 21.6. The van der Waals surface area contributed by atoms with Gasteiger partial charge in [-0.3, -0.25) is 38.4 Å². The number of carboxylic acid groups (broad SMARTS) is 1. The number of nitrogens with one attached hydrogen (secondary N) is 5. The van der Waals surface area contributed by atoms with E-state index in [9.17, 15) is 43.2 Å². The first kappa shape index (κ1) is 66.1. The summed E-state index contributed by atoms with van der Waals surface area (Å²) in [6.07, 6.45) is 2.15. The molecule has 0 aromatic rings. The van der Waals surface area contributed by atoms with Crippen LogP contribution in [-0.4, -0.2) is 243 Å². The van der Waals surface area contributed by atoms with E-state index in [1.165, 1.54) is 45.6 Å². The molecule has 0 spiro atoms. The number of aliphatic carboxylic acids is 1. The summed E-state index contributed by atoms with van der Waals surface area (Å²) in [5, 5.41) is 35.6. The Balaban J connectivity index is 0.000000517. The lowest BCUT2D eigenvalue weighted by atomic mass is 9.81. The molecule has 4 aliphatic rings. The number of nitrogens with zero attached hydrogens (tertiary/aromatic N) is 10. The molecule has 0 bridgehead atoms. The molecule has 3 atom stereocenters. The number of fused-ring (bicyclic) bond motifs is 1. The van der Waals surface area contributed by atoms with Crippen LogP contribution >= 0.6 is 0 Å². The van der Waals surface area contributed by atoms with Crippen molar-refractivity contribution >= 4 is 70.4 Å². The summed E-state index contributed by atoms with van der Waals surface area (Å²) in [6, 6.07) is 0. The number of hydrogen-bond donors (Lipinski definition) is 6. The smallest absolute Gasteiger partial charge is 0.329 e. The highest BCUT2D eigenvalue weighted by Crippen LogP contribution is 2.31. The number of hydrazone groups is 3. The maximum atomic E-state index is 12.7. The predicted octanol–water partition coefficient (Wildman–Crippen LogP) is -0.710. The third-order valence-electron chi connectivity index (χ3n) is 14.2. The summed E-state index contributed by atoms with van der Waals surface area (Å²) in [6.45, 7) is 21.7. The minimum Gasteiger partial charge on any atom is -0.480 e. The zero-order chi connectivity index (χ0) is 57.7. The number of rotatable bonds is 18. The molecule has 0 aromatic heterocycles. The van der Waals surface area contributed by atoms with Crippen LogP contribution in [0.5, 0.6) is 0 Å². The van der Waals surface area contributed by atoms with E-state index in [2.05, 4.69) is 42.0 Å². The van der Waals surface area contributed by atoms with E-state index in [1.807, 2.05) is 20.8 Å². The average molecular weight is 1050 g/mol. The van der Waals surface area contributed by atoms with E-state index in [0.717, 1.165) is 36.6 Å². The standard InChI is InChI=1S/C17H31N5O3.C16H29N5O3.C9H18N2O3.C7H11N3O/c1-9-12-17(4,15(25)22(8)19-12)11-18-14(24)16(2,3)21(7)13(23)10-20(5)6;1-8-11-16(4,14(24)21(7)19-11)10-18-13(23)15(2,3)20(6)12(22)9-17-5;1-9(2,8(13)14)11(5)7(12)6-10(3)4;1-7-4-8-3-2-5(7)9-10-6(7)11/h9-11H2,1-8H3,(H,18,24);17H,8-10H2,1-7H3,(H,18,23);6H2,1-5H3,(H,13,14);8H,2-4H2,1H3,(H,10,11). The molecule has 3 unspecified atom stereocenters. The number of carboxylic acids is 1. The van der Waals surface area contributed by atoms with Crippen molar-refractivity contribution in [3.63, 3.8) is 0 Å². The minimum absolute atomic E-state index is 0.0275. The fourth-order valence-electron chi connectivity index (χ4n) is 7.82. The molecule has 4 aliphatic heterocycles. The van der Waals surface area contributed by atoms with Gasteiger partial charge in [0.1, 0.15) is 32.9 Å². The lowest BCUT2D eigenvalue weighted by molar-refractivity contribution is -0.155. The van der Waals surface area contributed by atoms with Crippen LogP contribution in [0.3, 0.4) is 0 Å². The number of likely N-dealkylation sites (N-methyl/N-ethyl adjacent to an activating group) is 6. The van der Waals surface area contributed by atoms with Gasteiger partial charge in [0.2, 0.25) is 29.5 Å². The molecule has 4 heterocycles. The molecule has 1 fully saturated rings. The van der Waals surface area contributed by atoms with Crippen LogP contribution in [0.4, 0.5) is 0 Å². The number of hydrogen-bond acceptors (Lipinski definition) is 16. The molecule has 0 aromatic carbocycles. The Labute approximate surface area is 438 Å². The summed E-state index contributed by atoms with van der Waals surface area (Å²) in [5.41, 5.74) is -0.265. The second-order valence-electron chi connectivity index (χ2n) is 21.6. The monoisotopic (exact) mass is 1050 g/mol. The molecule has 420 valence electrons. The van der Waals surface area contributed by atoms with Gasteiger partial charge in [0.25, 0.3) is 17.7 Å². The fourth-order valence-corrected chi connectivity index (χ4v) is 7.82. The van der Waals surface area contributed by atoms with Gasteiger partial charge in [0, 0.05) is 67.8 Å². The van der Waals surface area contributed by atoms with Crippen molar-refractivity contribution in [2.75, 3.05) is 116 Å². The third kappa shape index (κ3) is 15.6. The maximum absolute atomic E-state index is 12.7. The van der Waals surface area contributed by atoms with Crippen LogP contribution in [0.25, 0.3) is 0 Å². The van der Waals surface area contributed by atoms with Crippen molar-refractivity contribution < 1.29 is 48.3 Å². The Morgan fingerprint density at radius 1 is 0.662 bits per heavy atom. The molecule has 25 heteroatoms.